The number of ether oxygens (including phenoxy) is 1. The Morgan fingerprint density at radius 1 is 1.44 bits per heavy atom. The van der Waals surface area contributed by atoms with Crippen LogP contribution in [-0.2, 0) is 0 Å². The molecule has 0 unspecified atom stereocenters. The summed E-state index contributed by atoms with van der Waals surface area (Å²) in [7, 11) is 1.61. The molecular formula is C12H13NO2S. The van der Waals surface area contributed by atoms with Crippen LogP contribution in [0.1, 0.15) is 10.4 Å². The monoisotopic (exact) mass is 235 g/mol. The van der Waals surface area contributed by atoms with Crippen molar-refractivity contribution in [2.45, 2.75) is 0 Å². The average Bonchev–Trinajstić information content (AvgIpc) is 2.82. The third-order valence-corrected chi connectivity index (χ3v) is 3.16. The van der Waals surface area contributed by atoms with Crippen molar-refractivity contribution in [2.75, 3.05) is 19.5 Å². The van der Waals surface area contributed by atoms with Crippen LogP contribution in [0.3, 0.4) is 0 Å². The first-order valence-corrected chi connectivity index (χ1v) is 6.04. The molecule has 2 rings (SSSR count). The lowest BCUT2D eigenvalue weighted by Gasteiger charge is -2.13. The number of hydrogen-bond acceptors (Lipinski definition) is 4. The second-order valence-corrected chi connectivity index (χ2v) is 4.34. The van der Waals surface area contributed by atoms with Crippen molar-refractivity contribution in [1.29, 1.82) is 0 Å². The van der Waals surface area contributed by atoms with Crippen LogP contribution in [-0.4, -0.2) is 30.2 Å². The first kappa shape index (κ1) is 11.1. The van der Waals surface area contributed by atoms with Gasteiger partial charge in [-0.2, -0.15) is 0 Å². The fourth-order valence-electron chi connectivity index (χ4n) is 1.46. The first-order chi connectivity index (χ1) is 7.79. The predicted octanol–water partition coefficient (Wildman–Crippen LogP) is 2.36. The van der Waals surface area contributed by atoms with Gasteiger partial charge in [-0.05, 0) is 29.7 Å². The molecule has 1 aliphatic rings. The molecule has 0 N–H and O–H groups in total. The maximum absolute atomic E-state index is 11.9. The molecular weight excluding hydrogens is 222 g/mol. The molecule has 0 radical (unpaired) electrons. The first-order valence-electron chi connectivity index (χ1n) is 4.99. The van der Waals surface area contributed by atoms with E-state index in [0.29, 0.717) is 6.54 Å². The molecule has 1 aromatic rings. The Kier molecular flexibility index (Phi) is 3.51. The fraction of sp³-hybridized carbons (Fsp3) is 0.250. The summed E-state index contributed by atoms with van der Waals surface area (Å²) in [5.41, 5.74) is 0.728. The van der Waals surface area contributed by atoms with Crippen molar-refractivity contribution in [3.8, 4) is 5.75 Å². The highest BCUT2D eigenvalue weighted by Crippen LogP contribution is 2.16. The van der Waals surface area contributed by atoms with Gasteiger partial charge >= 0.3 is 0 Å². The summed E-state index contributed by atoms with van der Waals surface area (Å²) in [4.78, 5) is 13.9. The number of methoxy groups -OCH3 is 1. The second-order valence-electron chi connectivity index (χ2n) is 3.48. The molecule has 0 atom stereocenters. The van der Waals surface area contributed by atoms with Gasteiger partial charge in [0.05, 0.1) is 19.5 Å². The predicted molar refractivity (Wildman–Crippen MR) is 65.6 cm³/mol. The summed E-state index contributed by atoms with van der Waals surface area (Å²) >= 11 is 1.70. The Morgan fingerprint density at radius 2 is 2.19 bits per heavy atom. The Bertz CT molecular complexity index is 400. The van der Waals surface area contributed by atoms with Gasteiger partial charge in [0.25, 0.3) is 0 Å². The van der Waals surface area contributed by atoms with Crippen LogP contribution in [0.4, 0.5) is 0 Å². The van der Waals surface area contributed by atoms with Crippen LogP contribution < -0.4 is 4.74 Å². The van der Waals surface area contributed by atoms with Crippen LogP contribution in [0.15, 0.2) is 35.9 Å². The third-order valence-electron chi connectivity index (χ3n) is 2.37. The molecule has 0 spiro atoms. The van der Waals surface area contributed by atoms with E-state index in [1.165, 1.54) is 0 Å². The number of rotatable bonds is 4. The molecule has 1 heterocycles. The maximum atomic E-state index is 11.9. The van der Waals surface area contributed by atoms with E-state index in [1.54, 1.807) is 31.0 Å². The van der Waals surface area contributed by atoms with Crippen LogP contribution in [0.5, 0.6) is 5.75 Å². The number of carbonyl (C=O) groups is 1. The van der Waals surface area contributed by atoms with Crippen molar-refractivity contribution in [3.05, 3.63) is 41.4 Å². The summed E-state index contributed by atoms with van der Waals surface area (Å²) < 4.78 is 5.05. The maximum Gasteiger partial charge on any atom is 0.182 e. The Hall–Kier alpha value is -1.42. The zero-order chi connectivity index (χ0) is 11.4. The van der Waals surface area contributed by atoms with Gasteiger partial charge in [-0.1, -0.05) is 0 Å². The zero-order valence-electron chi connectivity index (χ0n) is 9.05. The van der Waals surface area contributed by atoms with Crippen molar-refractivity contribution < 1.29 is 9.53 Å². The molecule has 0 saturated carbocycles. The van der Waals surface area contributed by atoms with Crippen molar-refractivity contribution >= 4 is 17.5 Å². The van der Waals surface area contributed by atoms with Gasteiger partial charge in [0, 0.05) is 11.8 Å². The van der Waals surface area contributed by atoms with E-state index in [9.17, 15) is 4.79 Å². The lowest BCUT2D eigenvalue weighted by atomic mass is 10.1. The molecule has 0 aromatic heterocycles. The van der Waals surface area contributed by atoms with Crippen molar-refractivity contribution in [1.82, 2.24) is 4.90 Å². The van der Waals surface area contributed by atoms with Crippen LogP contribution in [0.2, 0.25) is 0 Å². The van der Waals surface area contributed by atoms with Gasteiger partial charge in [-0.25, -0.2) is 0 Å². The molecule has 1 aromatic carbocycles. The molecule has 0 bridgehead atoms. The highest BCUT2D eigenvalue weighted by molar-refractivity contribution is 8.02. The Balaban J connectivity index is 1.99. The molecule has 0 amide bonds. The highest BCUT2D eigenvalue weighted by atomic mass is 32.2. The number of nitrogens with zero attached hydrogens (tertiary/aromatic N) is 1. The van der Waals surface area contributed by atoms with E-state index in [-0.39, 0.29) is 5.78 Å². The molecule has 0 aliphatic carbocycles. The van der Waals surface area contributed by atoms with E-state index in [0.717, 1.165) is 17.2 Å². The Labute approximate surface area is 99.1 Å². The summed E-state index contributed by atoms with van der Waals surface area (Å²) in [6.07, 6.45) is 1.95. The van der Waals surface area contributed by atoms with E-state index in [2.05, 4.69) is 0 Å². The standard InChI is InChI=1S/C12H13NO2S/c1-15-11-4-2-10(3-5-11)12(14)8-13-6-7-16-9-13/h2-7H,8-9H2,1H3. The largest absolute Gasteiger partial charge is 0.497 e. The topological polar surface area (TPSA) is 29.5 Å². The quantitative estimate of drug-likeness (QED) is 0.749. The molecule has 4 heteroatoms. The van der Waals surface area contributed by atoms with Crippen LogP contribution >= 0.6 is 11.8 Å². The van der Waals surface area contributed by atoms with Gasteiger partial charge < -0.3 is 9.64 Å². The normalized spacial score (nSPS) is 14.2. The van der Waals surface area contributed by atoms with E-state index in [1.807, 2.05) is 28.6 Å². The van der Waals surface area contributed by atoms with E-state index in [4.69, 9.17) is 4.74 Å². The summed E-state index contributed by atoms with van der Waals surface area (Å²) in [6.45, 7) is 0.440. The Morgan fingerprint density at radius 3 is 2.75 bits per heavy atom. The average molecular weight is 235 g/mol. The van der Waals surface area contributed by atoms with E-state index >= 15 is 0 Å². The van der Waals surface area contributed by atoms with Gasteiger partial charge in [-0.15, -0.1) is 11.8 Å². The molecule has 1 aliphatic heterocycles. The molecule has 3 nitrogen and oxygen atoms in total. The number of carbonyl (C=O) groups excluding carboxylic acids is 1. The van der Waals surface area contributed by atoms with Crippen LogP contribution in [0.25, 0.3) is 0 Å². The van der Waals surface area contributed by atoms with Crippen molar-refractivity contribution in [2.24, 2.45) is 0 Å². The SMILES string of the molecule is COc1ccc(C(=O)CN2C=CSC2)cc1. The van der Waals surface area contributed by atoms with Gasteiger partial charge in [0.2, 0.25) is 0 Å². The number of benzene rings is 1. The fourth-order valence-corrected chi connectivity index (χ4v) is 2.18. The van der Waals surface area contributed by atoms with Crippen molar-refractivity contribution in [3.63, 3.8) is 0 Å². The van der Waals surface area contributed by atoms with Gasteiger partial charge in [0.1, 0.15) is 5.75 Å². The number of hydrogen-bond donors (Lipinski definition) is 0. The third kappa shape index (κ3) is 2.58. The minimum atomic E-state index is 0.134. The number of Topliss-reactive ketones (excluding diaryl/α,β-unsaturated/α-hetero) is 1. The smallest absolute Gasteiger partial charge is 0.182 e. The molecule has 0 fully saturated rings. The number of ketones is 1. The van der Waals surface area contributed by atoms with Crippen LogP contribution in [0, 0.1) is 0 Å². The zero-order valence-corrected chi connectivity index (χ0v) is 9.87. The lowest BCUT2D eigenvalue weighted by molar-refractivity contribution is 0.0963. The highest BCUT2D eigenvalue weighted by Gasteiger charge is 2.11. The molecule has 84 valence electrons. The minimum Gasteiger partial charge on any atom is -0.497 e. The second kappa shape index (κ2) is 5.07. The summed E-state index contributed by atoms with van der Waals surface area (Å²) in [5.74, 6) is 1.77. The molecule has 0 saturated heterocycles. The lowest BCUT2D eigenvalue weighted by Crippen LogP contribution is -2.22. The van der Waals surface area contributed by atoms with E-state index < -0.39 is 0 Å². The minimum absolute atomic E-state index is 0.134. The van der Waals surface area contributed by atoms with Gasteiger partial charge in [-0.3, -0.25) is 4.79 Å². The van der Waals surface area contributed by atoms with Gasteiger partial charge in [0.15, 0.2) is 5.78 Å². The summed E-state index contributed by atoms with van der Waals surface area (Å²) in [5, 5.41) is 2.00. The number of thioether (sulfide) groups is 1. The molecule has 16 heavy (non-hydrogen) atoms. The summed E-state index contributed by atoms with van der Waals surface area (Å²) in [6, 6.07) is 7.21.